The van der Waals surface area contributed by atoms with Gasteiger partial charge in [0.15, 0.2) is 5.15 Å². The summed E-state index contributed by atoms with van der Waals surface area (Å²) in [4.78, 5) is 4.33. The molecule has 2 nitrogen and oxygen atoms in total. The van der Waals surface area contributed by atoms with Crippen LogP contribution in [0.1, 0.15) is 31.2 Å². The summed E-state index contributed by atoms with van der Waals surface area (Å²) in [5.41, 5.74) is 1.22. The highest BCUT2D eigenvalue weighted by Crippen LogP contribution is 2.15. The fourth-order valence-corrected chi connectivity index (χ4v) is 2.27. The molecular formula is C14H15BrClN2. The Kier molecular flexibility index (Phi) is 4.84. The number of hydrogen-bond donors (Lipinski definition) is 0. The summed E-state index contributed by atoms with van der Waals surface area (Å²) < 4.78 is 3.10. The Morgan fingerprint density at radius 2 is 2.06 bits per heavy atom. The van der Waals surface area contributed by atoms with Gasteiger partial charge in [0.2, 0.25) is 0 Å². The molecule has 2 rings (SSSR count). The molecule has 95 valence electrons. The summed E-state index contributed by atoms with van der Waals surface area (Å²) in [5.74, 6) is 1.02. The van der Waals surface area contributed by atoms with Crippen LogP contribution in [0.15, 0.2) is 28.7 Å². The van der Waals surface area contributed by atoms with Gasteiger partial charge >= 0.3 is 0 Å². The van der Waals surface area contributed by atoms with Crippen molar-refractivity contribution in [3.63, 3.8) is 0 Å². The molecule has 0 N–H and O–H groups in total. The van der Waals surface area contributed by atoms with E-state index in [4.69, 9.17) is 11.6 Å². The molecule has 0 spiro atoms. The third kappa shape index (κ3) is 3.59. The molecule has 0 saturated heterocycles. The van der Waals surface area contributed by atoms with Crippen LogP contribution in [0.5, 0.6) is 0 Å². The lowest BCUT2D eigenvalue weighted by Gasteiger charge is -2.07. The lowest BCUT2D eigenvalue weighted by atomic mass is 10.2. The van der Waals surface area contributed by atoms with E-state index in [1.54, 1.807) is 0 Å². The van der Waals surface area contributed by atoms with Gasteiger partial charge in [-0.15, -0.1) is 0 Å². The monoisotopic (exact) mass is 325 g/mol. The van der Waals surface area contributed by atoms with Crippen molar-refractivity contribution in [1.82, 2.24) is 9.55 Å². The first kappa shape index (κ1) is 13.6. The fraction of sp³-hybridized carbons (Fsp3) is 0.357. The van der Waals surface area contributed by atoms with Crippen molar-refractivity contribution in [2.24, 2.45) is 0 Å². The molecule has 4 heteroatoms. The number of halogens is 2. The molecule has 0 unspecified atom stereocenters. The molecule has 0 bridgehead atoms. The van der Waals surface area contributed by atoms with Gasteiger partial charge in [-0.25, -0.2) is 4.98 Å². The molecular weight excluding hydrogens is 312 g/mol. The van der Waals surface area contributed by atoms with E-state index in [1.165, 1.54) is 5.56 Å². The third-order valence-corrected chi connectivity index (χ3v) is 3.47. The Balaban J connectivity index is 2.14. The SMILES string of the molecule is CCCCc1nc(Cl)[c]n1Cc1ccc(Br)cc1. The first-order valence-corrected chi connectivity index (χ1v) is 7.25. The number of benzene rings is 1. The summed E-state index contributed by atoms with van der Waals surface area (Å²) in [6, 6.07) is 8.27. The molecule has 2 aromatic rings. The van der Waals surface area contributed by atoms with Crippen LogP contribution in [0.3, 0.4) is 0 Å². The van der Waals surface area contributed by atoms with Crippen molar-refractivity contribution in [2.45, 2.75) is 32.7 Å². The van der Waals surface area contributed by atoms with E-state index in [9.17, 15) is 0 Å². The second-order valence-corrected chi connectivity index (χ2v) is 5.52. The minimum absolute atomic E-state index is 0.457. The number of rotatable bonds is 5. The average molecular weight is 327 g/mol. The third-order valence-electron chi connectivity index (χ3n) is 2.77. The van der Waals surface area contributed by atoms with Gasteiger partial charge in [-0.3, -0.25) is 0 Å². The molecule has 18 heavy (non-hydrogen) atoms. The molecule has 0 saturated carbocycles. The van der Waals surface area contributed by atoms with E-state index < -0.39 is 0 Å². The van der Waals surface area contributed by atoms with Crippen molar-refractivity contribution in [3.8, 4) is 0 Å². The molecule has 1 aromatic heterocycles. The molecule has 0 atom stereocenters. The second kappa shape index (κ2) is 6.39. The van der Waals surface area contributed by atoms with Gasteiger partial charge in [-0.05, 0) is 24.1 Å². The standard InChI is InChI=1S/C14H15BrClN2/c1-2-3-4-14-17-13(16)10-18(14)9-11-5-7-12(15)8-6-11/h5-8H,2-4,9H2,1H3. The van der Waals surface area contributed by atoms with Crippen LogP contribution < -0.4 is 0 Å². The molecule has 1 radical (unpaired) electrons. The zero-order chi connectivity index (χ0) is 13.0. The van der Waals surface area contributed by atoms with Gasteiger partial charge in [0.25, 0.3) is 0 Å². The number of hydrogen-bond acceptors (Lipinski definition) is 1. The maximum atomic E-state index is 5.94. The Labute approximate surface area is 121 Å². The number of aromatic nitrogens is 2. The first-order valence-electron chi connectivity index (χ1n) is 6.07. The summed E-state index contributed by atoms with van der Waals surface area (Å²) in [6.45, 7) is 2.94. The van der Waals surface area contributed by atoms with Crippen molar-refractivity contribution >= 4 is 27.5 Å². The van der Waals surface area contributed by atoms with Gasteiger partial charge in [-0.1, -0.05) is 53.0 Å². The van der Waals surface area contributed by atoms with Crippen LogP contribution >= 0.6 is 27.5 Å². The molecule has 0 aliphatic heterocycles. The van der Waals surface area contributed by atoms with Gasteiger partial charge in [0.05, 0.1) is 0 Å². The Morgan fingerprint density at radius 1 is 1.33 bits per heavy atom. The summed E-state index contributed by atoms with van der Waals surface area (Å²) in [7, 11) is 0. The highest BCUT2D eigenvalue weighted by Gasteiger charge is 2.07. The van der Waals surface area contributed by atoms with Gasteiger partial charge in [-0.2, -0.15) is 0 Å². The van der Waals surface area contributed by atoms with Gasteiger partial charge < -0.3 is 4.57 Å². The Morgan fingerprint density at radius 3 is 2.72 bits per heavy atom. The zero-order valence-electron chi connectivity index (χ0n) is 10.3. The van der Waals surface area contributed by atoms with E-state index in [2.05, 4.69) is 46.2 Å². The number of imidazole rings is 1. The molecule has 0 aliphatic carbocycles. The van der Waals surface area contributed by atoms with E-state index in [1.807, 2.05) is 16.7 Å². The van der Waals surface area contributed by atoms with Crippen LogP contribution in [0.25, 0.3) is 0 Å². The van der Waals surface area contributed by atoms with Crippen LogP contribution in [0, 0.1) is 6.20 Å². The van der Waals surface area contributed by atoms with E-state index >= 15 is 0 Å². The molecule has 1 heterocycles. The van der Waals surface area contributed by atoms with Crippen LogP contribution in [-0.2, 0) is 13.0 Å². The lowest BCUT2D eigenvalue weighted by molar-refractivity contribution is 0.675. The summed E-state index contributed by atoms with van der Waals surface area (Å²) in [5, 5.41) is 0.457. The normalized spacial score (nSPS) is 10.8. The molecule has 1 aromatic carbocycles. The van der Waals surface area contributed by atoms with Gasteiger partial charge in [0.1, 0.15) is 12.0 Å². The van der Waals surface area contributed by atoms with E-state index in [0.29, 0.717) is 5.15 Å². The first-order chi connectivity index (χ1) is 8.69. The minimum Gasteiger partial charge on any atom is -0.321 e. The van der Waals surface area contributed by atoms with Crippen LogP contribution in [0.4, 0.5) is 0 Å². The smallest absolute Gasteiger partial charge is 0.157 e. The van der Waals surface area contributed by atoms with Crippen molar-refractivity contribution in [1.29, 1.82) is 0 Å². The maximum Gasteiger partial charge on any atom is 0.157 e. The molecule has 0 amide bonds. The highest BCUT2D eigenvalue weighted by atomic mass is 79.9. The topological polar surface area (TPSA) is 17.8 Å². The minimum atomic E-state index is 0.457. The number of aryl methyl sites for hydroxylation is 1. The largest absolute Gasteiger partial charge is 0.321 e. The number of unbranched alkanes of at least 4 members (excludes halogenated alkanes) is 1. The zero-order valence-corrected chi connectivity index (χ0v) is 12.6. The average Bonchev–Trinajstić information content (AvgIpc) is 2.70. The molecule has 0 fully saturated rings. The van der Waals surface area contributed by atoms with E-state index in [-0.39, 0.29) is 0 Å². The maximum absolute atomic E-state index is 5.94. The quantitative estimate of drug-likeness (QED) is 0.791. The lowest BCUT2D eigenvalue weighted by Crippen LogP contribution is -2.04. The van der Waals surface area contributed by atoms with Crippen molar-refractivity contribution in [3.05, 3.63) is 51.5 Å². The highest BCUT2D eigenvalue weighted by molar-refractivity contribution is 9.10. The van der Waals surface area contributed by atoms with Crippen molar-refractivity contribution < 1.29 is 0 Å². The second-order valence-electron chi connectivity index (χ2n) is 4.25. The predicted octanol–water partition coefficient (Wildman–Crippen LogP) is 4.49. The number of nitrogens with zero attached hydrogens (tertiary/aromatic N) is 2. The van der Waals surface area contributed by atoms with Crippen molar-refractivity contribution in [2.75, 3.05) is 0 Å². The predicted molar refractivity (Wildman–Crippen MR) is 77.9 cm³/mol. The Bertz CT molecular complexity index is 505. The van der Waals surface area contributed by atoms with Gasteiger partial charge in [0, 0.05) is 17.4 Å². The van der Waals surface area contributed by atoms with Crippen LogP contribution in [0.2, 0.25) is 5.15 Å². The van der Waals surface area contributed by atoms with E-state index in [0.717, 1.165) is 36.1 Å². The summed E-state index contributed by atoms with van der Waals surface area (Å²) >= 11 is 9.38. The molecule has 0 aliphatic rings. The summed E-state index contributed by atoms with van der Waals surface area (Å²) in [6.07, 6.45) is 6.31. The fourth-order valence-electron chi connectivity index (χ4n) is 1.80. The van der Waals surface area contributed by atoms with Crippen LogP contribution in [-0.4, -0.2) is 9.55 Å². The Hall–Kier alpha value is -0.800.